The summed E-state index contributed by atoms with van der Waals surface area (Å²) in [7, 11) is 0. The standard InChI is InChI=1S/C48H62F2N2O/c1-3-5-7-9-35-11-15-37(16-12-35)43-23-25-47(51-33-43)41-21-19-39(45(49)31-41)27-29-53-30-28-40-20-22-42(32-46(40)50)48-26-24-44(34-52-48)38-17-13-36(14-18-38)10-8-6-4-2/h19-26,31-38H,3-18,27-30H2,1-2H3. The van der Waals surface area contributed by atoms with E-state index >= 15 is 8.78 Å². The van der Waals surface area contributed by atoms with Crippen LogP contribution >= 0.6 is 0 Å². The number of halogens is 2. The van der Waals surface area contributed by atoms with E-state index in [2.05, 4.69) is 26.0 Å². The molecule has 2 fully saturated rings. The molecule has 0 saturated heterocycles. The summed E-state index contributed by atoms with van der Waals surface area (Å²) in [6.07, 6.45) is 26.0. The number of hydrogen-bond acceptors (Lipinski definition) is 3. The zero-order valence-electron chi connectivity index (χ0n) is 32.4. The Labute approximate surface area is 318 Å². The van der Waals surface area contributed by atoms with Crippen molar-refractivity contribution in [3.63, 3.8) is 0 Å². The van der Waals surface area contributed by atoms with Crippen LogP contribution in [0.3, 0.4) is 0 Å². The Morgan fingerprint density at radius 3 is 1.34 bits per heavy atom. The van der Waals surface area contributed by atoms with Gasteiger partial charge in [0.25, 0.3) is 0 Å². The molecule has 4 aromatic rings. The smallest absolute Gasteiger partial charge is 0.127 e. The minimum atomic E-state index is -0.244. The Balaban J connectivity index is 0.910. The van der Waals surface area contributed by atoms with Gasteiger partial charge in [0.15, 0.2) is 0 Å². The Hall–Kier alpha value is -3.44. The van der Waals surface area contributed by atoms with Gasteiger partial charge in [0, 0.05) is 23.5 Å². The monoisotopic (exact) mass is 720 g/mol. The lowest BCUT2D eigenvalue weighted by molar-refractivity contribution is 0.139. The lowest BCUT2D eigenvalue weighted by atomic mass is 9.77. The van der Waals surface area contributed by atoms with Crippen LogP contribution < -0.4 is 0 Å². The molecule has 2 aromatic heterocycles. The van der Waals surface area contributed by atoms with Crippen molar-refractivity contribution in [2.24, 2.45) is 11.8 Å². The van der Waals surface area contributed by atoms with Crippen LogP contribution in [-0.4, -0.2) is 23.2 Å². The number of aromatic nitrogens is 2. The van der Waals surface area contributed by atoms with Gasteiger partial charge in [0.1, 0.15) is 11.6 Å². The number of rotatable bonds is 18. The molecule has 0 bridgehead atoms. The predicted octanol–water partition coefficient (Wildman–Crippen LogP) is 13.6. The first-order valence-corrected chi connectivity index (χ1v) is 21.1. The summed E-state index contributed by atoms with van der Waals surface area (Å²) in [6, 6.07) is 19.2. The molecule has 53 heavy (non-hydrogen) atoms. The molecule has 2 aliphatic rings. The maximum absolute atomic E-state index is 15.1. The minimum Gasteiger partial charge on any atom is -0.381 e. The SMILES string of the molecule is CCCCCC1CCC(c2ccc(-c3ccc(CCOCCc4ccc(-c5ccc(C6CCC(CCCCC)CC6)cn5)cc4F)c(F)c3)nc2)CC1. The minimum absolute atomic E-state index is 0.244. The van der Waals surface area contributed by atoms with Crippen molar-refractivity contribution in [2.75, 3.05) is 13.2 Å². The fourth-order valence-corrected chi connectivity index (χ4v) is 8.86. The van der Waals surface area contributed by atoms with Gasteiger partial charge in [0.05, 0.1) is 24.6 Å². The maximum atomic E-state index is 15.1. The number of ether oxygens (including phenoxy) is 1. The van der Waals surface area contributed by atoms with Gasteiger partial charge in [-0.3, -0.25) is 9.97 Å². The lowest BCUT2D eigenvalue weighted by Crippen LogP contribution is -2.13. The molecule has 2 saturated carbocycles. The molecule has 5 heteroatoms. The van der Waals surface area contributed by atoms with Gasteiger partial charge in [-0.25, -0.2) is 8.78 Å². The molecule has 0 amide bonds. The highest BCUT2D eigenvalue weighted by atomic mass is 19.1. The largest absolute Gasteiger partial charge is 0.381 e. The van der Waals surface area contributed by atoms with Gasteiger partial charge < -0.3 is 4.74 Å². The van der Waals surface area contributed by atoms with Gasteiger partial charge in [-0.15, -0.1) is 0 Å². The first-order chi connectivity index (χ1) is 26.0. The first-order valence-electron chi connectivity index (χ1n) is 21.1. The average molecular weight is 721 g/mol. The third-order valence-electron chi connectivity index (χ3n) is 12.4. The van der Waals surface area contributed by atoms with E-state index in [1.807, 2.05) is 48.8 Å². The molecule has 0 aliphatic heterocycles. The zero-order valence-corrected chi connectivity index (χ0v) is 32.4. The fourth-order valence-electron chi connectivity index (χ4n) is 8.86. The van der Waals surface area contributed by atoms with Crippen molar-refractivity contribution in [1.82, 2.24) is 9.97 Å². The Bertz CT molecular complexity index is 1550. The average Bonchev–Trinajstić information content (AvgIpc) is 3.20. The lowest BCUT2D eigenvalue weighted by Gasteiger charge is -2.28. The molecule has 0 atom stereocenters. The first kappa shape index (κ1) is 39.3. The summed E-state index contributed by atoms with van der Waals surface area (Å²) in [5, 5.41) is 0. The highest BCUT2D eigenvalue weighted by Crippen LogP contribution is 2.39. The molecule has 0 radical (unpaired) electrons. The molecule has 0 unspecified atom stereocenters. The summed E-state index contributed by atoms with van der Waals surface area (Å²) in [6.45, 7) is 5.30. The van der Waals surface area contributed by atoms with Gasteiger partial charge in [-0.2, -0.15) is 0 Å². The third kappa shape index (κ3) is 11.3. The number of unbranched alkanes of at least 4 members (excludes halogenated alkanes) is 4. The van der Waals surface area contributed by atoms with Crippen LogP contribution in [0.4, 0.5) is 8.78 Å². The van der Waals surface area contributed by atoms with Crippen LogP contribution in [0, 0.1) is 23.5 Å². The van der Waals surface area contributed by atoms with Crippen LogP contribution in [0.2, 0.25) is 0 Å². The quantitative estimate of drug-likeness (QED) is 0.0960. The van der Waals surface area contributed by atoms with Crippen LogP contribution in [-0.2, 0) is 17.6 Å². The highest BCUT2D eigenvalue weighted by molar-refractivity contribution is 5.61. The summed E-state index contributed by atoms with van der Waals surface area (Å²) in [5.41, 5.74) is 7.04. The topological polar surface area (TPSA) is 35.0 Å². The van der Waals surface area contributed by atoms with Crippen LogP contribution in [0.15, 0.2) is 73.1 Å². The van der Waals surface area contributed by atoms with E-state index in [1.165, 1.54) is 114 Å². The van der Waals surface area contributed by atoms with E-state index < -0.39 is 0 Å². The van der Waals surface area contributed by atoms with Crippen LogP contribution in [0.5, 0.6) is 0 Å². The molecule has 0 spiro atoms. The third-order valence-corrected chi connectivity index (χ3v) is 12.4. The van der Waals surface area contributed by atoms with Crippen LogP contribution in [0.25, 0.3) is 22.5 Å². The molecular weight excluding hydrogens is 659 g/mol. The normalized spacial score (nSPS) is 20.5. The molecule has 3 nitrogen and oxygen atoms in total. The summed E-state index contributed by atoms with van der Waals surface area (Å²) in [4.78, 5) is 9.45. The van der Waals surface area contributed by atoms with E-state index in [0.717, 1.165) is 34.4 Å². The van der Waals surface area contributed by atoms with Crippen molar-refractivity contribution < 1.29 is 13.5 Å². The summed E-state index contributed by atoms with van der Waals surface area (Å²) < 4.78 is 36.0. The molecular formula is C48H62F2N2O. The van der Waals surface area contributed by atoms with E-state index in [4.69, 9.17) is 14.7 Å². The zero-order chi connectivity index (χ0) is 36.8. The second-order valence-corrected chi connectivity index (χ2v) is 16.1. The summed E-state index contributed by atoms with van der Waals surface area (Å²) >= 11 is 0. The van der Waals surface area contributed by atoms with E-state index in [9.17, 15) is 0 Å². The molecule has 0 N–H and O–H groups in total. The Kier molecular flexibility index (Phi) is 15.0. The second kappa shape index (κ2) is 20.3. The van der Waals surface area contributed by atoms with Gasteiger partial charge in [0.2, 0.25) is 0 Å². The van der Waals surface area contributed by atoms with Crippen molar-refractivity contribution in [3.05, 3.63) is 107 Å². The maximum Gasteiger partial charge on any atom is 0.127 e. The fraction of sp³-hybridized carbons (Fsp3) is 0.542. The number of hydrogen-bond donors (Lipinski definition) is 0. The van der Waals surface area contributed by atoms with Gasteiger partial charge >= 0.3 is 0 Å². The molecule has 2 aromatic carbocycles. The number of nitrogens with zero attached hydrogens (tertiary/aromatic N) is 2. The predicted molar refractivity (Wildman–Crippen MR) is 215 cm³/mol. The van der Waals surface area contributed by atoms with E-state index in [0.29, 0.717) is 49.0 Å². The number of pyridine rings is 2. The molecule has 2 aliphatic carbocycles. The van der Waals surface area contributed by atoms with Crippen molar-refractivity contribution in [2.45, 2.75) is 141 Å². The van der Waals surface area contributed by atoms with Gasteiger partial charge in [-0.1, -0.05) is 102 Å². The molecule has 6 rings (SSSR count). The Morgan fingerprint density at radius 1 is 0.547 bits per heavy atom. The van der Waals surface area contributed by atoms with Crippen molar-refractivity contribution in [1.29, 1.82) is 0 Å². The van der Waals surface area contributed by atoms with Crippen molar-refractivity contribution >= 4 is 0 Å². The molecule has 284 valence electrons. The van der Waals surface area contributed by atoms with Gasteiger partial charge in [-0.05, 0) is 134 Å². The molecule has 2 heterocycles. The van der Waals surface area contributed by atoms with E-state index in [-0.39, 0.29) is 11.6 Å². The second-order valence-electron chi connectivity index (χ2n) is 16.1. The summed E-state index contributed by atoms with van der Waals surface area (Å²) in [5.74, 6) is 2.48. The van der Waals surface area contributed by atoms with Crippen molar-refractivity contribution in [3.8, 4) is 22.5 Å². The van der Waals surface area contributed by atoms with E-state index in [1.54, 1.807) is 12.1 Å². The Morgan fingerprint density at radius 2 is 0.981 bits per heavy atom. The van der Waals surface area contributed by atoms with Crippen LogP contribution in [0.1, 0.15) is 151 Å². The highest BCUT2D eigenvalue weighted by Gasteiger charge is 2.24. The number of benzene rings is 2.